The summed E-state index contributed by atoms with van der Waals surface area (Å²) in [7, 11) is 0. The Morgan fingerprint density at radius 1 is 1.33 bits per heavy atom. The number of aromatic nitrogens is 3. The maximum Gasteiger partial charge on any atom is 0.244 e. The number of hydrogen-bond acceptors (Lipinski definition) is 4. The number of carbonyl (C=O) groups is 1. The number of fused-ring (bicyclic) bond motifs is 1. The van der Waals surface area contributed by atoms with Gasteiger partial charge in [0.1, 0.15) is 12.4 Å². The lowest BCUT2D eigenvalue weighted by molar-refractivity contribution is -0.133. The van der Waals surface area contributed by atoms with E-state index in [1.54, 1.807) is 23.0 Å². The van der Waals surface area contributed by atoms with Crippen LogP contribution in [0.5, 0.6) is 0 Å². The van der Waals surface area contributed by atoms with Gasteiger partial charge in [-0.05, 0) is 44.0 Å². The lowest BCUT2D eigenvalue weighted by Gasteiger charge is -2.31. The van der Waals surface area contributed by atoms with Crippen LogP contribution in [0.2, 0.25) is 0 Å². The minimum Gasteiger partial charge on any atom is -0.336 e. The number of benzene rings is 1. The first-order valence-corrected chi connectivity index (χ1v) is 9.77. The zero-order chi connectivity index (χ0) is 18.8. The molecule has 1 amide bonds. The SMILES string of the molecule is Cc1cn(CC(=O)N2C[C@@H](c3cccc(F)c3)[C@@H]3NCCCCC[C@H]32)nn1. The van der Waals surface area contributed by atoms with Gasteiger partial charge < -0.3 is 10.2 Å². The Morgan fingerprint density at radius 2 is 2.22 bits per heavy atom. The van der Waals surface area contributed by atoms with E-state index in [9.17, 15) is 9.18 Å². The molecule has 1 N–H and O–H groups in total. The van der Waals surface area contributed by atoms with Crippen molar-refractivity contribution in [3.05, 3.63) is 47.5 Å². The van der Waals surface area contributed by atoms with E-state index in [4.69, 9.17) is 0 Å². The molecule has 0 spiro atoms. The molecule has 144 valence electrons. The molecule has 1 aromatic heterocycles. The summed E-state index contributed by atoms with van der Waals surface area (Å²) in [5.74, 6) is -0.0702. The second-order valence-electron chi connectivity index (χ2n) is 7.66. The molecule has 2 aromatic rings. The van der Waals surface area contributed by atoms with Gasteiger partial charge in [-0.1, -0.05) is 30.2 Å². The van der Waals surface area contributed by atoms with Crippen LogP contribution in [-0.2, 0) is 11.3 Å². The van der Waals surface area contributed by atoms with Crippen molar-refractivity contribution in [3.63, 3.8) is 0 Å². The largest absolute Gasteiger partial charge is 0.336 e. The second-order valence-corrected chi connectivity index (χ2v) is 7.66. The van der Waals surface area contributed by atoms with Crippen LogP contribution in [0.4, 0.5) is 4.39 Å². The summed E-state index contributed by atoms with van der Waals surface area (Å²) in [4.78, 5) is 15.0. The highest BCUT2D eigenvalue weighted by Gasteiger charge is 2.44. The van der Waals surface area contributed by atoms with Gasteiger partial charge in [0.15, 0.2) is 0 Å². The lowest BCUT2D eigenvalue weighted by Crippen LogP contribution is -2.47. The first-order valence-electron chi connectivity index (χ1n) is 9.77. The number of nitrogens with zero attached hydrogens (tertiary/aromatic N) is 4. The van der Waals surface area contributed by atoms with Gasteiger partial charge in [0.25, 0.3) is 0 Å². The quantitative estimate of drug-likeness (QED) is 0.899. The first-order chi connectivity index (χ1) is 13.1. The van der Waals surface area contributed by atoms with Crippen molar-refractivity contribution in [1.82, 2.24) is 25.2 Å². The summed E-state index contributed by atoms with van der Waals surface area (Å²) in [6.07, 6.45) is 6.19. The fraction of sp³-hybridized carbons (Fsp3) is 0.550. The third kappa shape index (κ3) is 3.88. The Morgan fingerprint density at radius 3 is 3.00 bits per heavy atom. The average molecular weight is 371 g/mol. The van der Waals surface area contributed by atoms with Gasteiger partial charge in [-0.3, -0.25) is 4.79 Å². The third-order valence-electron chi connectivity index (χ3n) is 5.75. The minimum atomic E-state index is -0.224. The summed E-state index contributed by atoms with van der Waals surface area (Å²) >= 11 is 0. The fourth-order valence-corrected chi connectivity index (χ4v) is 4.50. The van der Waals surface area contributed by atoms with Crippen molar-refractivity contribution >= 4 is 5.91 Å². The molecule has 3 heterocycles. The Hall–Kier alpha value is -2.28. The van der Waals surface area contributed by atoms with E-state index in [1.165, 1.54) is 12.5 Å². The molecule has 0 saturated carbocycles. The van der Waals surface area contributed by atoms with Crippen molar-refractivity contribution in [2.45, 2.75) is 57.2 Å². The van der Waals surface area contributed by atoms with Gasteiger partial charge in [0, 0.05) is 30.7 Å². The van der Waals surface area contributed by atoms with E-state index in [2.05, 4.69) is 15.6 Å². The van der Waals surface area contributed by atoms with Crippen molar-refractivity contribution in [3.8, 4) is 0 Å². The third-order valence-corrected chi connectivity index (χ3v) is 5.75. The molecule has 0 unspecified atom stereocenters. The molecule has 0 aliphatic carbocycles. The Bertz CT molecular complexity index is 807. The molecular weight excluding hydrogens is 345 g/mol. The number of amides is 1. The average Bonchev–Trinajstić information content (AvgIpc) is 3.18. The number of aryl methyl sites for hydroxylation is 1. The van der Waals surface area contributed by atoms with Crippen molar-refractivity contribution in [2.75, 3.05) is 13.1 Å². The summed E-state index contributed by atoms with van der Waals surface area (Å²) < 4.78 is 15.4. The number of halogens is 1. The lowest BCUT2D eigenvalue weighted by atomic mass is 9.88. The van der Waals surface area contributed by atoms with Crippen molar-refractivity contribution in [1.29, 1.82) is 0 Å². The van der Waals surface area contributed by atoms with E-state index >= 15 is 0 Å². The maximum atomic E-state index is 13.8. The summed E-state index contributed by atoms with van der Waals surface area (Å²) in [6, 6.07) is 7.10. The normalized spacial score (nSPS) is 25.7. The molecule has 6 nitrogen and oxygen atoms in total. The molecule has 0 radical (unpaired) electrons. The molecule has 2 saturated heterocycles. The number of hydrogen-bond donors (Lipinski definition) is 1. The number of nitrogens with one attached hydrogen (secondary N) is 1. The van der Waals surface area contributed by atoms with E-state index in [0.29, 0.717) is 6.54 Å². The molecule has 7 heteroatoms. The van der Waals surface area contributed by atoms with E-state index in [-0.39, 0.29) is 36.3 Å². The predicted octanol–water partition coefficient (Wildman–Crippen LogP) is 2.25. The zero-order valence-electron chi connectivity index (χ0n) is 15.6. The molecule has 2 fully saturated rings. The number of rotatable bonds is 3. The summed E-state index contributed by atoms with van der Waals surface area (Å²) in [5.41, 5.74) is 1.76. The monoisotopic (exact) mass is 371 g/mol. The fourth-order valence-electron chi connectivity index (χ4n) is 4.50. The van der Waals surface area contributed by atoms with Gasteiger partial charge in [0.2, 0.25) is 5.91 Å². The molecule has 4 rings (SSSR count). The van der Waals surface area contributed by atoms with Gasteiger partial charge in [-0.2, -0.15) is 0 Å². The highest BCUT2D eigenvalue weighted by atomic mass is 19.1. The predicted molar refractivity (Wildman–Crippen MR) is 99.7 cm³/mol. The van der Waals surface area contributed by atoms with Crippen LogP contribution in [-0.4, -0.2) is 51.0 Å². The smallest absolute Gasteiger partial charge is 0.244 e. The van der Waals surface area contributed by atoms with Gasteiger partial charge in [-0.15, -0.1) is 5.10 Å². The van der Waals surface area contributed by atoms with Gasteiger partial charge >= 0.3 is 0 Å². The molecule has 1 aromatic carbocycles. The standard InChI is InChI=1S/C20H26FN5O/c1-14-11-25(24-23-14)13-19(27)26-12-17(15-6-5-7-16(21)10-15)20-18(26)8-3-2-4-9-22-20/h5-7,10-11,17-18,20,22H,2-4,8-9,12-13H2,1H3/t17-,18+,20-/m0/s1. The van der Waals surface area contributed by atoms with Crippen molar-refractivity contribution in [2.24, 2.45) is 0 Å². The van der Waals surface area contributed by atoms with Gasteiger partial charge in [0.05, 0.1) is 5.69 Å². The Balaban J connectivity index is 1.59. The number of likely N-dealkylation sites (tertiary alicyclic amines) is 1. The minimum absolute atomic E-state index is 0.0520. The van der Waals surface area contributed by atoms with Crippen LogP contribution < -0.4 is 5.32 Å². The highest BCUT2D eigenvalue weighted by molar-refractivity contribution is 5.77. The van der Waals surface area contributed by atoms with Crippen LogP contribution in [0.3, 0.4) is 0 Å². The molecule has 0 bridgehead atoms. The summed E-state index contributed by atoms with van der Waals surface area (Å²) in [5, 5.41) is 11.6. The first kappa shape index (κ1) is 18.1. The molecule has 27 heavy (non-hydrogen) atoms. The molecule has 3 atom stereocenters. The van der Waals surface area contributed by atoms with Crippen LogP contribution in [0.1, 0.15) is 42.9 Å². The molecule has 2 aliphatic rings. The maximum absolute atomic E-state index is 13.8. The second kappa shape index (κ2) is 7.76. The molecule has 2 aliphatic heterocycles. The Kier molecular flexibility index (Phi) is 5.20. The van der Waals surface area contributed by atoms with E-state index in [1.807, 2.05) is 17.9 Å². The van der Waals surface area contributed by atoms with E-state index in [0.717, 1.165) is 37.1 Å². The van der Waals surface area contributed by atoms with Crippen LogP contribution in [0, 0.1) is 12.7 Å². The molecular formula is C20H26FN5O. The van der Waals surface area contributed by atoms with E-state index < -0.39 is 0 Å². The highest BCUT2D eigenvalue weighted by Crippen LogP contribution is 2.36. The van der Waals surface area contributed by atoms with Gasteiger partial charge in [-0.25, -0.2) is 9.07 Å². The van der Waals surface area contributed by atoms with Crippen molar-refractivity contribution < 1.29 is 9.18 Å². The number of carbonyl (C=O) groups excluding carboxylic acids is 1. The van der Waals surface area contributed by atoms with Crippen LogP contribution >= 0.6 is 0 Å². The zero-order valence-corrected chi connectivity index (χ0v) is 15.6. The topological polar surface area (TPSA) is 63.1 Å². The van der Waals surface area contributed by atoms with Crippen LogP contribution in [0.25, 0.3) is 0 Å². The summed E-state index contributed by atoms with van der Waals surface area (Å²) in [6.45, 7) is 3.61. The van der Waals surface area contributed by atoms with Crippen LogP contribution in [0.15, 0.2) is 30.5 Å². The Labute approximate surface area is 158 Å².